The molecule has 0 spiro atoms. The van der Waals surface area contributed by atoms with Crippen molar-refractivity contribution in [2.24, 2.45) is 0 Å². The predicted octanol–water partition coefficient (Wildman–Crippen LogP) is -1.20. The Morgan fingerprint density at radius 1 is 1.21 bits per heavy atom. The fourth-order valence-corrected chi connectivity index (χ4v) is 2.29. The van der Waals surface area contributed by atoms with E-state index in [-0.39, 0.29) is 11.8 Å². The molecular formula is C13H22N4O2. The smallest absolute Gasteiger partial charge is 0.249 e. The zero-order valence-corrected chi connectivity index (χ0v) is 11.7. The third-order valence-corrected chi connectivity index (χ3v) is 3.83. The molecule has 0 unspecified atom stereocenters. The molecule has 0 saturated carbocycles. The van der Waals surface area contributed by atoms with Crippen molar-refractivity contribution in [3.8, 4) is 0 Å². The van der Waals surface area contributed by atoms with Crippen LogP contribution in [-0.2, 0) is 9.59 Å². The number of hydrogen-bond donors (Lipinski definition) is 2. The Balaban J connectivity index is 1.83. The highest BCUT2D eigenvalue weighted by molar-refractivity contribution is 5.94. The molecule has 0 radical (unpaired) electrons. The molecule has 0 aromatic heterocycles. The van der Waals surface area contributed by atoms with Crippen molar-refractivity contribution in [1.29, 1.82) is 0 Å². The van der Waals surface area contributed by atoms with Gasteiger partial charge in [0.15, 0.2) is 0 Å². The second kappa shape index (κ2) is 6.16. The Morgan fingerprint density at radius 3 is 2.32 bits per heavy atom. The van der Waals surface area contributed by atoms with E-state index in [1.807, 2.05) is 11.8 Å². The molecule has 19 heavy (non-hydrogen) atoms. The fraction of sp³-hybridized carbons (Fsp3) is 0.692. The molecule has 2 amide bonds. The van der Waals surface area contributed by atoms with Gasteiger partial charge in [0.1, 0.15) is 0 Å². The molecule has 6 nitrogen and oxygen atoms in total. The molecule has 2 rings (SSSR count). The van der Waals surface area contributed by atoms with Crippen LogP contribution in [0.15, 0.2) is 11.1 Å². The van der Waals surface area contributed by atoms with Gasteiger partial charge in [0.05, 0.1) is 6.54 Å². The van der Waals surface area contributed by atoms with Crippen molar-refractivity contribution in [3.63, 3.8) is 0 Å². The van der Waals surface area contributed by atoms with E-state index >= 15 is 0 Å². The highest BCUT2D eigenvalue weighted by Gasteiger charge is 2.25. The third kappa shape index (κ3) is 3.33. The molecule has 0 aromatic carbocycles. The van der Waals surface area contributed by atoms with Crippen LogP contribution in [0.1, 0.15) is 6.92 Å². The minimum Gasteiger partial charge on any atom is -0.358 e. The van der Waals surface area contributed by atoms with Crippen LogP contribution in [0.2, 0.25) is 0 Å². The summed E-state index contributed by atoms with van der Waals surface area (Å²) in [6, 6.07) is 0. The van der Waals surface area contributed by atoms with Crippen molar-refractivity contribution in [2.45, 2.75) is 6.92 Å². The summed E-state index contributed by atoms with van der Waals surface area (Å²) in [6.45, 7) is 6.95. The van der Waals surface area contributed by atoms with E-state index in [0.717, 1.165) is 31.8 Å². The first kappa shape index (κ1) is 14.0. The minimum atomic E-state index is 0.0265. The van der Waals surface area contributed by atoms with Crippen LogP contribution in [0, 0.1) is 0 Å². The van der Waals surface area contributed by atoms with Gasteiger partial charge in [-0.05, 0) is 12.5 Å². The number of hydrogen-bond acceptors (Lipinski definition) is 4. The molecule has 2 aliphatic heterocycles. The molecule has 2 heterocycles. The maximum absolute atomic E-state index is 12.3. The first-order valence-corrected chi connectivity index (χ1v) is 6.73. The number of nitrogens with zero attached hydrogens (tertiary/aromatic N) is 2. The number of rotatable bonds is 3. The van der Waals surface area contributed by atoms with Gasteiger partial charge in [-0.25, -0.2) is 0 Å². The summed E-state index contributed by atoms with van der Waals surface area (Å²) < 4.78 is 0. The van der Waals surface area contributed by atoms with E-state index in [2.05, 4.69) is 15.5 Å². The highest BCUT2D eigenvalue weighted by atomic mass is 16.2. The van der Waals surface area contributed by atoms with Crippen LogP contribution in [0.3, 0.4) is 0 Å². The number of nitrogens with one attached hydrogen (secondary N) is 2. The monoisotopic (exact) mass is 266 g/mol. The predicted molar refractivity (Wildman–Crippen MR) is 72.7 cm³/mol. The molecule has 6 heteroatoms. The first-order chi connectivity index (χ1) is 9.11. The minimum absolute atomic E-state index is 0.0265. The van der Waals surface area contributed by atoms with Crippen LogP contribution < -0.4 is 10.6 Å². The maximum Gasteiger partial charge on any atom is 0.249 e. The Labute approximate surface area is 113 Å². The van der Waals surface area contributed by atoms with Crippen LogP contribution in [0.4, 0.5) is 0 Å². The molecule has 0 aromatic rings. The molecule has 0 bridgehead atoms. The fourth-order valence-electron chi connectivity index (χ4n) is 2.29. The van der Waals surface area contributed by atoms with Gasteiger partial charge >= 0.3 is 0 Å². The van der Waals surface area contributed by atoms with Crippen LogP contribution in [0.5, 0.6) is 0 Å². The summed E-state index contributed by atoms with van der Waals surface area (Å²) in [4.78, 5) is 27.5. The zero-order valence-electron chi connectivity index (χ0n) is 11.7. The van der Waals surface area contributed by atoms with Gasteiger partial charge < -0.3 is 15.5 Å². The van der Waals surface area contributed by atoms with E-state index in [1.165, 1.54) is 5.57 Å². The topological polar surface area (TPSA) is 64.7 Å². The number of carbonyl (C=O) groups excluding carboxylic acids is 2. The largest absolute Gasteiger partial charge is 0.358 e. The van der Waals surface area contributed by atoms with Crippen molar-refractivity contribution < 1.29 is 9.59 Å². The molecule has 0 aliphatic carbocycles. The van der Waals surface area contributed by atoms with Gasteiger partial charge in [-0.1, -0.05) is 0 Å². The number of likely N-dealkylation sites (N-methyl/N-ethyl adjacent to an activating group) is 1. The molecule has 2 fully saturated rings. The molecule has 0 atom stereocenters. The number of piperazine rings is 1. The lowest BCUT2D eigenvalue weighted by molar-refractivity contribution is -0.129. The quantitative estimate of drug-likeness (QED) is 0.630. The lowest BCUT2D eigenvalue weighted by Crippen LogP contribution is -2.51. The summed E-state index contributed by atoms with van der Waals surface area (Å²) in [5, 5.41) is 5.77. The van der Waals surface area contributed by atoms with Crippen LogP contribution in [0.25, 0.3) is 0 Å². The second-order valence-electron chi connectivity index (χ2n) is 5.07. The van der Waals surface area contributed by atoms with Gasteiger partial charge in [-0.2, -0.15) is 0 Å². The Hall–Kier alpha value is -1.40. The van der Waals surface area contributed by atoms with Gasteiger partial charge in [0, 0.05) is 51.9 Å². The van der Waals surface area contributed by atoms with Crippen LogP contribution in [-0.4, -0.2) is 74.5 Å². The third-order valence-electron chi connectivity index (χ3n) is 3.83. The van der Waals surface area contributed by atoms with Crippen molar-refractivity contribution in [3.05, 3.63) is 11.1 Å². The van der Waals surface area contributed by atoms with Crippen molar-refractivity contribution in [2.75, 3.05) is 52.9 Å². The summed E-state index contributed by atoms with van der Waals surface area (Å²) in [6.07, 6.45) is 0. The molecular weight excluding hydrogens is 244 g/mol. The van der Waals surface area contributed by atoms with Gasteiger partial charge in [0.2, 0.25) is 11.8 Å². The Bertz CT molecular complexity index is 391. The average Bonchev–Trinajstić information content (AvgIpc) is 2.36. The standard InChI is InChI=1S/C13H22N4O2/c1-10(11-7-15-8-11)13(19)17-5-3-16(4-6-17)9-12(18)14-2/h15H,3-9H2,1-2H3,(H,14,18). The Kier molecular flexibility index (Phi) is 4.55. The lowest BCUT2D eigenvalue weighted by atomic mass is 10.0. The first-order valence-electron chi connectivity index (χ1n) is 6.73. The summed E-state index contributed by atoms with van der Waals surface area (Å²) in [7, 11) is 1.64. The number of carbonyl (C=O) groups is 2. The molecule has 2 aliphatic rings. The van der Waals surface area contributed by atoms with E-state index in [9.17, 15) is 9.59 Å². The van der Waals surface area contributed by atoms with Crippen molar-refractivity contribution in [1.82, 2.24) is 20.4 Å². The molecule has 2 saturated heterocycles. The zero-order chi connectivity index (χ0) is 13.8. The second-order valence-corrected chi connectivity index (χ2v) is 5.07. The van der Waals surface area contributed by atoms with Gasteiger partial charge in [0.25, 0.3) is 0 Å². The number of amides is 2. The average molecular weight is 266 g/mol. The molecule has 2 N–H and O–H groups in total. The highest BCUT2D eigenvalue weighted by Crippen LogP contribution is 2.13. The Morgan fingerprint density at radius 2 is 1.84 bits per heavy atom. The summed E-state index contributed by atoms with van der Waals surface area (Å²) in [5.74, 6) is 0.176. The normalized spacial score (nSPS) is 19.9. The maximum atomic E-state index is 12.3. The SMILES string of the molecule is CNC(=O)CN1CCN(C(=O)C(C)=C2CNC2)CC1. The van der Waals surface area contributed by atoms with Crippen LogP contribution >= 0.6 is 0 Å². The molecule has 106 valence electrons. The summed E-state index contributed by atoms with van der Waals surface area (Å²) in [5.41, 5.74) is 2.11. The van der Waals surface area contributed by atoms with Gasteiger partial charge in [-0.3, -0.25) is 14.5 Å². The summed E-state index contributed by atoms with van der Waals surface area (Å²) >= 11 is 0. The van der Waals surface area contributed by atoms with E-state index in [0.29, 0.717) is 19.6 Å². The van der Waals surface area contributed by atoms with Gasteiger partial charge in [-0.15, -0.1) is 0 Å². The van der Waals surface area contributed by atoms with E-state index in [1.54, 1.807) is 7.05 Å². The van der Waals surface area contributed by atoms with E-state index in [4.69, 9.17) is 0 Å². The lowest BCUT2D eigenvalue weighted by Gasteiger charge is -2.35. The van der Waals surface area contributed by atoms with E-state index < -0.39 is 0 Å². The van der Waals surface area contributed by atoms with Crippen molar-refractivity contribution >= 4 is 11.8 Å².